The Morgan fingerprint density at radius 1 is 1.24 bits per heavy atom. The van der Waals surface area contributed by atoms with Gasteiger partial charge in [0.15, 0.2) is 0 Å². The third kappa shape index (κ3) is 2.78. The van der Waals surface area contributed by atoms with Crippen LogP contribution in [0.3, 0.4) is 0 Å². The second kappa shape index (κ2) is 5.32. The monoisotopic (exact) mass is 248 g/mol. The minimum atomic E-state index is 0.693. The van der Waals surface area contributed by atoms with Gasteiger partial charge in [0, 0.05) is 28.9 Å². The fraction of sp³-hybridized carbons (Fsp3) is 0.571. The molecule has 0 saturated carbocycles. The summed E-state index contributed by atoms with van der Waals surface area (Å²) in [5.41, 5.74) is 2.81. The van der Waals surface area contributed by atoms with Crippen LogP contribution in [-0.2, 0) is 6.42 Å². The standard InChI is InChI=1S/C14H20N2S/c1-2-6-15-12(3-1)9-11-4-5-14-13(10-11)16-7-8-17-14/h4-5,10,12,15-16H,1-3,6-9H2. The average molecular weight is 248 g/mol. The Morgan fingerprint density at radius 2 is 2.24 bits per heavy atom. The molecule has 3 rings (SSSR count). The Hall–Kier alpha value is -0.670. The number of hydrogen-bond donors (Lipinski definition) is 2. The molecule has 1 aromatic rings. The number of fused-ring (bicyclic) bond motifs is 1. The maximum atomic E-state index is 3.62. The normalized spacial score (nSPS) is 23.9. The van der Waals surface area contributed by atoms with Crippen molar-refractivity contribution >= 4 is 17.4 Å². The molecule has 17 heavy (non-hydrogen) atoms. The van der Waals surface area contributed by atoms with Crippen molar-refractivity contribution in [2.24, 2.45) is 0 Å². The summed E-state index contributed by atoms with van der Waals surface area (Å²) in [5, 5.41) is 7.12. The summed E-state index contributed by atoms with van der Waals surface area (Å²) < 4.78 is 0. The molecule has 2 heterocycles. The van der Waals surface area contributed by atoms with Crippen LogP contribution < -0.4 is 10.6 Å². The average Bonchev–Trinajstić information content (AvgIpc) is 2.40. The molecule has 0 aromatic heterocycles. The van der Waals surface area contributed by atoms with E-state index < -0.39 is 0 Å². The highest BCUT2D eigenvalue weighted by Crippen LogP contribution is 2.31. The summed E-state index contributed by atoms with van der Waals surface area (Å²) in [5.74, 6) is 1.19. The van der Waals surface area contributed by atoms with E-state index in [1.807, 2.05) is 11.8 Å². The zero-order valence-corrected chi connectivity index (χ0v) is 11.0. The molecule has 0 radical (unpaired) electrons. The van der Waals surface area contributed by atoms with Crippen molar-refractivity contribution in [1.82, 2.24) is 5.32 Å². The molecule has 0 amide bonds. The number of anilines is 1. The Morgan fingerprint density at radius 3 is 3.12 bits per heavy atom. The van der Waals surface area contributed by atoms with E-state index in [4.69, 9.17) is 0 Å². The first-order chi connectivity index (χ1) is 8.42. The van der Waals surface area contributed by atoms with Crippen molar-refractivity contribution < 1.29 is 0 Å². The molecule has 0 aliphatic carbocycles. The fourth-order valence-electron chi connectivity index (χ4n) is 2.70. The minimum Gasteiger partial charge on any atom is -0.383 e. The van der Waals surface area contributed by atoms with E-state index in [0.29, 0.717) is 6.04 Å². The summed E-state index contributed by atoms with van der Waals surface area (Å²) in [6.45, 7) is 2.30. The number of rotatable bonds is 2. The molecule has 1 aromatic carbocycles. The maximum Gasteiger partial charge on any atom is 0.0481 e. The van der Waals surface area contributed by atoms with Crippen LogP contribution in [0.1, 0.15) is 24.8 Å². The molecule has 2 aliphatic heterocycles. The predicted octanol–water partition coefficient (Wildman–Crippen LogP) is 2.89. The number of hydrogen-bond acceptors (Lipinski definition) is 3. The molecular weight excluding hydrogens is 228 g/mol. The van der Waals surface area contributed by atoms with Gasteiger partial charge in [0.1, 0.15) is 0 Å². The number of thioether (sulfide) groups is 1. The van der Waals surface area contributed by atoms with E-state index in [2.05, 4.69) is 28.8 Å². The van der Waals surface area contributed by atoms with E-state index in [-0.39, 0.29) is 0 Å². The van der Waals surface area contributed by atoms with Gasteiger partial charge in [-0.3, -0.25) is 0 Å². The van der Waals surface area contributed by atoms with Crippen molar-refractivity contribution in [2.75, 3.05) is 24.2 Å². The first-order valence-corrected chi connectivity index (χ1v) is 7.63. The number of piperidine rings is 1. The SMILES string of the molecule is c1cc2c(cc1CC1CCCCN1)NCCS2. The lowest BCUT2D eigenvalue weighted by Gasteiger charge is -2.24. The Balaban J connectivity index is 1.70. The van der Waals surface area contributed by atoms with Gasteiger partial charge in [-0.05, 0) is 43.5 Å². The van der Waals surface area contributed by atoms with Crippen molar-refractivity contribution in [3.05, 3.63) is 23.8 Å². The van der Waals surface area contributed by atoms with Crippen LogP contribution in [0.2, 0.25) is 0 Å². The highest BCUT2D eigenvalue weighted by Gasteiger charge is 2.14. The molecule has 2 N–H and O–H groups in total. The van der Waals surface area contributed by atoms with E-state index in [1.165, 1.54) is 54.1 Å². The van der Waals surface area contributed by atoms with Crippen molar-refractivity contribution in [3.8, 4) is 0 Å². The van der Waals surface area contributed by atoms with Crippen LogP contribution >= 0.6 is 11.8 Å². The van der Waals surface area contributed by atoms with Crippen LogP contribution in [-0.4, -0.2) is 24.9 Å². The van der Waals surface area contributed by atoms with Crippen molar-refractivity contribution in [1.29, 1.82) is 0 Å². The van der Waals surface area contributed by atoms with Gasteiger partial charge in [-0.1, -0.05) is 12.5 Å². The van der Waals surface area contributed by atoms with Gasteiger partial charge in [0.25, 0.3) is 0 Å². The summed E-state index contributed by atoms with van der Waals surface area (Å²) in [6, 6.07) is 7.62. The molecule has 0 bridgehead atoms. The van der Waals surface area contributed by atoms with E-state index in [9.17, 15) is 0 Å². The molecule has 1 atom stereocenters. The molecule has 92 valence electrons. The van der Waals surface area contributed by atoms with Gasteiger partial charge >= 0.3 is 0 Å². The molecule has 1 saturated heterocycles. The largest absolute Gasteiger partial charge is 0.383 e. The zero-order valence-electron chi connectivity index (χ0n) is 10.2. The molecule has 2 aliphatic rings. The van der Waals surface area contributed by atoms with Gasteiger partial charge in [-0.2, -0.15) is 0 Å². The van der Waals surface area contributed by atoms with Crippen molar-refractivity contribution in [3.63, 3.8) is 0 Å². The highest BCUT2D eigenvalue weighted by atomic mass is 32.2. The first kappa shape index (κ1) is 11.4. The maximum absolute atomic E-state index is 3.62. The third-order valence-corrected chi connectivity index (χ3v) is 4.69. The van der Waals surface area contributed by atoms with Gasteiger partial charge in [-0.15, -0.1) is 11.8 Å². The van der Waals surface area contributed by atoms with Gasteiger partial charge in [-0.25, -0.2) is 0 Å². The predicted molar refractivity (Wildman–Crippen MR) is 75.0 cm³/mol. The number of benzene rings is 1. The molecule has 1 fully saturated rings. The molecule has 3 heteroatoms. The van der Waals surface area contributed by atoms with Crippen LogP contribution in [0.5, 0.6) is 0 Å². The summed E-state index contributed by atoms with van der Waals surface area (Å²) in [6.07, 6.45) is 5.24. The lowest BCUT2D eigenvalue weighted by molar-refractivity contribution is 0.399. The lowest BCUT2D eigenvalue weighted by Crippen LogP contribution is -2.35. The topological polar surface area (TPSA) is 24.1 Å². The second-order valence-corrected chi connectivity index (χ2v) is 6.09. The van der Waals surface area contributed by atoms with Crippen LogP contribution in [0.4, 0.5) is 5.69 Å². The quantitative estimate of drug-likeness (QED) is 0.841. The summed E-state index contributed by atoms with van der Waals surface area (Å²) in [4.78, 5) is 1.41. The van der Waals surface area contributed by atoms with Gasteiger partial charge in [0.2, 0.25) is 0 Å². The van der Waals surface area contributed by atoms with Gasteiger partial charge in [0.05, 0.1) is 0 Å². The van der Waals surface area contributed by atoms with Crippen LogP contribution in [0.15, 0.2) is 23.1 Å². The van der Waals surface area contributed by atoms with Crippen LogP contribution in [0, 0.1) is 0 Å². The molecule has 2 nitrogen and oxygen atoms in total. The fourth-order valence-corrected chi connectivity index (χ4v) is 3.57. The van der Waals surface area contributed by atoms with E-state index >= 15 is 0 Å². The summed E-state index contributed by atoms with van der Waals surface area (Å²) >= 11 is 1.97. The Labute approximate surface area is 108 Å². The van der Waals surface area contributed by atoms with E-state index in [0.717, 1.165) is 6.54 Å². The van der Waals surface area contributed by atoms with Gasteiger partial charge < -0.3 is 10.6 Å². The smallest absolute Gasteiger partial charge is 0.0481 e. The highest BCUT2D eigenvalue weighted by molar-refractivity contribution is 7.99. The van der Waals surface area contributed by atoms with Crippen molar-refractivity contribution in [2.45, 2.75) is 36.6 Å². The molecule has 0 spiro atoms. The molecule has 1 unspecified atom stereocenters. The van der Waals surface area contributed by atoms with Crippen LogP contribution in [0.25, 0.3) is 0 Å². The number of nitrogens with one attached hydrogen (secondary N) is 2. The summed E-state index contributed by atoms with van der Waals surface area (Å²) in [7, 11) is 0. The Kier molecular flexibility index (Phi) is 3.57. The Bertz CT molecular complexity index is 386. The lowest BCUT2D eigenvalue weighted by atomic mass is 9.97. The third-order valence-electron chi connectivity index (χ3n) is 3.61. The van der Waals surface area contributed by atoms with E-state index in [1.54, 1.807) is 0 Å². The molecular formula is C14H20N2S. The second-order valence-electron chi connectivity index (χ2n) is 4.96. The minimum absolute atomic E-state index is 0.693. The zero-order chi connectivity index (χ0) is 11.5. The first-order valence-electron chi connectivity index (χ1n) is 6.65.